The number of aryl methyl sites for hydroxylation is 1. The Balaban J connectivity index is 1.43. The smallest absolute Gasteiger partial charge is 0.272 e. The van der Waals surface area contributed by atoms with E-state index in [0.29, 0.717) is 11.3 Å². The molecular formula is C27H29N3O3S. The number of likely N-dealkylation sites (tertiary alicyclic amines) is 1. The van der Waals surface area contributed by atoms with Crippen LogP contribution in [0.4, 0.5) is 5.69 Å². The maximum Gasteiger partial charge on any atom is 0.272 e. The number of hydrogen-bond acceptors (Lipinski definition) is 5. The minimum atomic E-state index is -0.391. The number of nitrogens with zero attached hydrogens (tertiary/aromatic N) is 1. The molecule has 34 heavy (non-hydrogen) atoms. The molecule has 0 unspecified atom stereocenters. The predicted octanol–water partition coefficient (Wildman–Crippen LogP) is 4.94. The Labute approximate surface area is 204 Å². The van der Waals surface area contributed by atoms with Crippen molar-refractivity contribution in [2.45, 2.75) is 25.9 Å². The van der Waals surface area contributed by atoms with Gasteiger partial charge in [0.25, 0.3) is 11.8 Å². The Morgan fingerprint density at radius 3 is 2.38 bits per heavy atom. The van der Waals surface area contributed by atoms with Crippen LogP contribution < -0.4 is 15.4 Å². The molecule has 0 radical (unpaired) electrons. The van der Waals surface area contributed by atoms with E-state index < -0.39 is 5.91 Å². The van der Waals surface area contributed by atoms with Crippen molar-refractivity contribution in [3.63, 3.8) is 0 Å². The monoisotopic (exact) mass is 475 g/mol. The van der Waals surface area contributed by atoms with Crippen LogP contribution in [0.1, 0.15) is 33.6 Å². The number of amides is 2. The summed E-state index contributed by atoms with van der Waals surface area (Å²) in [5.41, 5.74) is 2.36. The van der Waals surface area contributed by atoms with Gasteiger partial charge < -0.3 is 20.3 Å². The second-order valence-corrected chi connectivity index (χ2v) is 9.47. The molecule has 3 aromatic rings. The van der Waals surface area contributed by atoms with E-state index in [1.165, 1.54) is 11.3 Å². The fourth-order valence-electron chi connectivity index (χ4n) is 3.68. The number of rotatable bonds is 7. The number of piperidine rings is 1. The van der Waals surface area contributed by atoms with E-state index in [-0.39, 0.29) is 17.7 Å². The number of hydrogen-bond donors (Lipinski definition) is 2. The zero-order chi connectivity index (χ0) is 23.9. The zero-order valence-electron chi connectivity index (χ0n) is 19.4. The summed E-state index contributed by atoms with van der Waals surface area (Å²) in [7, 11) is 2.12. The average molecular weight is 476 g/mol. The molecule has 2 heterocycles. The Kier molecular flexibility index (Phi) is 7.77. The van der Waals surface area contributed by atoms with Gasteiger partial charge in [0.1, 0.15) is 17.6 Å². The van der Waals surface area contributed by atoms with Gasteiger partial charge in [-0.3, -0.25) is 9.59 Å². The van der Waals surface area contributed by atoms with E-state index in [0.717, 1.165) is 42.1 Å². The number of benzene rings is 2. The first-order chi connectivity index (χ1) is 16.5. The van der Waals surface area contributed by atoms with Crippen LogP contribution in [0.25, 0.3) is 6.08 Å². The van der Waals surface area contributed by atoms with Crippen LogP contribution in [0.2, 0.25) is 0 Å². The molecule has 1 saturated heterocycles. The number of ether oxygens (including phenoxy) is 1. The summed E-state index contributed by atoms with van der Waals surface area (Å²) in [6, 6.07) is 18.4. The van der Waals surface area contributed by atoms with Crippen LogP contribution >= 0.6 is 11.3 Å². The molecule has 2 amide bonds. The lowest BCUT2D eigenvalue weighted by Crippen LogP contribution is -2.35. The van der Waals surface area contributed by atoms with Crippen molar-refractivity contribution in [3.8, 4) is 5.75 Å². The first kappa shape index (κ1) is 23.7. The van der Waals surface area contributed by atoms with Crippen LogP contribution in [-0.4, -0.2) is 43.0 Å². The van der Waals surface area contributed by atoms with Gasteiger partial charge in [-0.15, -0.1) is 11.3 Å². The first-order valence-corrected chi connectivity index (χ1v) is 12.2. The van der Waals surface area contributed by atoms with Gasteiger partial charge in [0.05, 0.1) is 0 Å². The Hall–Kier alpha value is -3.42. The standard InChI is InChI=1S/C27H29N3O3S/c1-19-5-7-20(8-6-19)26(31)29-25(18-24-4-3-17-34-24)27(32)28-21-9-11-22(12-10-21)33-23-13-15-30(2)16-14-23/h3-12,17-18,23H,13-16H2,1-2H3,(H,28,32)(H,29,31)/b25-18-. The highest BCUT2D eigenvalue weighted by molar-refractivity contribution is 7.10. The zero-order valence-corrected chi connectivity index (χ0v) is 20.2. The summed E-state index contributed by atoms with van der Waals surface area (Å²) < 4.78 is 6.08. The second kappa shape index (κ2) is 11.1. The normalized spacial score (nSPS) is 15.1. The Morgan fingerprint density at radius 2 is 1.74 bits per heavy atom. The van der Waals surface area contributed by atoms with Gasteiger partial charge in [-0.2, -0.15) is 0 Å². The van der Waals surface area contributed by atoms with Crippen LogP contribution in [0.3, 0.4) is 0 Å². The molecule has 4 rings (SSSR count). The molecule has 1 aromatic heterocycles. The van der Waals surface area contributed by atoms with Gasteiger partial charge in [0.2, 0.25) is 0 Å². The second-order valence-electron chi connectivity index (χ2n) is 8.49. The largest absolute Gasteiger partial charge is 0.490 e. The quantitative estimate of drug-likeness (QED) is 0.475. The number of anilines is 1. The van der Waals surface area contributed by atoms with E-state index >= 15 is 0 Å². The summed E-state index contributed by atoms with van der Waals surface area (Å²) in [5, 5.41) is 7.57. The van der Waals surface area contributed by atoms with E-state index in [1.54, 1.807) is 18.2 Å². The molecule has 0 spiro atoms. The van der Waals surface area contributed by atoms with Crippen molar-refractivity contribution in [3.05, 3.63) is 87.7 Å². The van der Waals surface area contributed by atoms with E-state index in [9.17, 15) is 9.59 Å². The maximum atomic E-state index is 13.1. The molecule has 176 valence electrons. The van der Waals surface area contributed by atoms with Crippen LogP contribution in [-0.2, 0) is 4.79 Å². The lowest BCUT2D eigenvalue weighted by atomic mass is 10.1. The minimum absolute atomic E-state index is 0.180. The lowest BCUT2D eigenvalue weighted by Gasteiger charge is -2.29. The minimum Gasteiger partial charge on any atom is -0.490 e. The first-order valence-electron chi connectivity index (χ1n) is 11.4. The molecular weight excluding hydrogens is 446 g/mol. The highest BCUT2D eigenvalue weighted by Crippen LogP contribution is 2.21. The molecule has 0 bridgehead atoms. The molecule has 2 aromatic carbocycles. The number of thiophene rings is 1. The molecule has 2 N–H and O–H groups in total. The fraction of sp³-hybridized carbons (Fsp3) is 0.259. The third-order valence-electron chi connectivity index (χ3n) is 5.72. The van der Waals surface area contributed by atoms with Gasteiger partial charge >= 0.3 is 0 Å². The lowest BCUT2D eigenvalue weighted by molar-refractivity contribution is -0.113. The van der Waals surface area contributed by atoms with Crippen molar-refractivity contribution in [2.24, 2.45) is 0 Å². The van der Waals surface area contributed by atoms with Crippen molar-refractivity contribution in [1.29, 1.82) is 0 Å². The molecule has 0 aliphatic carbocycles. The molecule has 1 fully saturated rings. The predicted molar refractivity (Wildman–Crippen MR) is 137 cm³/mol. The van der Waals surface area contributed by atoms with Gasteiger partial charge in [0, 0.05) is 29.2 Å². The molecule has 0 atom stereocenters. The number of carbonyl (C=O) groups excluding carboxylic acids is 2. The van der Waals surface area contributed by atoms with Crippen molar-refractivity contribution in [2.75, 3.05) is 25.5 Å². The molecule has 1 aliphatic rings. The topological polar surface area (TPSA) is 70.7 Å². The summed E-state index contributed by atoms with van der Waals surface area (Å²) in [4.78, 5) is 29.0. The van der Waals surface area contributed by atoms with E-state index in [2.05, 4.69) is 22.6 Å². The van der Waals surface area contributed by atoms with E-state index in [4.69, 9.17) is 4.74 Å². The van der Waals surface area contributed by atoms with Crippen LogP contribution in [0.5, 0.6) is 5.75 Å². The van der Waals surface area contributed by atoms with Gasteiger partial charge in [0.15, 0.2) is 0 Å². The van der Waals surface area contributed by atoms with Crippen molar-refractivity contribution in [1.82, 2.24) is 10.2 Å². The molecule has 1 aliphatic heterocycles. The SMILES string of the molecule is Cc1ccc(C(=O)N/C(=C\c2cccs2)C(=O)Nc2ccc(OC3CCN(C)CC3)cc2)cc1. The van der Waals surface area contributed by atoms with Gasteiger partial charge in [-0.25, -0.2) is 0 Å². The third kappa shape index (κ3) is 6.56. The van der Waals surface area contributed by atoms with Gasteiger partial charge in [-0.05, 0) is 80.7 Å². The van der Waals surface area contributed by atoms with Crippen molar-refractivity contribution >= 4 is 34.9 Å². The maximum absolute atomic E-state index is 13.1. The highest BCUT2D eigenvalue weighted by atomic mass is 32.1. The summed E-state index contributed by atoms with van der Waals surface area (Å²) >= 11 is 1.49. The highest BCUT2D eigenvalue weighted by Gasteiger charge is 2.18. The van der Waals surface area contributed by atoms with E-state index in [1.807, 2.05) is 60.8 Å². The third-order valence-corrected chi connectivity index (χ3v) is 6.54. The van der Waals surface area contributed by atoms with Crippen LogP contribution in [0.15, 0.2) is 71.7 Å². The number of nitrogens with one attached hydrogen (secondary N) is 2. The summed E-state index contributed by atoms with van der Waals surface area (Å²) in [6.45, 7) is 4.03. The number of carbonyl (C=O) groups is 2. The molecule has 7 heteroatoms. The fourth-order valence-corrected chi connectivity index (χ4v) is 4.34. The molecule has 0 saturated carbocycles. The average Bonchev–Trinajstić information content (AvgIpc) is 3.35. The molecule has 6 nitrogen and oxygen atoms in total. The van der Waals surface area contributed by atoms with Crippen LogP contribution in [0, 0.1) is 6.92 Å². The summed E-state index contributed by atoms with van der Waals surface area (Å²) in [5.74, 6) is 0.0623. The van der Waals surface area contributed by atoms with Gasteiger partial charge in [-0.1, -0.05) is 23.8 Å². The summed E-state index contributed by atoms with van der Waals surface area (Å²) in [6.07, 6.45) is 3.91. The Morgan fingerprint density at radius 1 is 1.03 bits per heavy atom. The Bertz CT molecular complexity index is 1130. The van der Waals surface area contributed by atoms with Crippen molar-refractivity contribution < 1.29 is 14.3 Å².